The van der Waals surface area contributed by atoms with Crippen LogP contribution in [0.3, 0.4) is 0 Å². The van der Waals surface area contributed by atoms with Crippen molar-refractivity contribution in [2.75, 3.05) is 11.1 Å². The number of nitrogen functional groups attached to an aromatic ring is 1. The molecule has 0 saturated heterocycles. The first kappa shape index (κ1) is 18.5. The highest BCUT2D eigenvalue weighted by atomic mass is 32.1. The monoisotopic (exact) mass is 382 g/mol. The molecule has 3 aromatic rings. The van der Waals surface area contributed by atoms with Gasteiger partial charge in [-0.05, 0) is 44.0 Å². The highest BCUT2D eigenvalue weighted by Gasteiger charge is 2.17. The lowest BCUT2D eigenvalue weighted by Gasteiger charge is -2.08. The zero-order valence-corrected chi connectivity index (χ0v) is 15.9. The van der Waals surface area contributed by atoms with Crippen molar-refractivity contribution in [1.29, 1.82) is 0 Å². The average Bonchev–Trinajstić information content (AvgIpc) is 3.01. The van der Waals surface area contributed by atoms with Gasteiger partial charge < -0.3 is 5.73 Å². The summed E-state index contributed by atoms with van der Waals surface area (Å²) in [7, 11) is 0. The number of benzene rings is 2. The molecule has 1 aromatic heterocycles. The summed E-state index contributed by atoms with van der Waals surface area (Å²) in [6.07, 6.45) is 0. The molecule has 0 fully saturated rings. The van der Waals surface area contributed by atoms with Crippen LogP contribution in [0.1, 0.15) is 27.0 Å². The van der Waals surface area contributed by atoms with Crippen LogP contribution >= 0.6 is 11.3 Å². The Labute approximate surface area is 160 Å². The summed E-state index contributed by atoms with van der Waals surface area (Å²) in [5, 5.41) is 16.0. The molecule has 7 nitrogen and oxygen atoms in total. The van der Waals surface area contributed by atoms with Gasteiger partial charge >= 0.3 is 0 Å². The van der Waals surface area contributed by atoms with E-state index in [9.17, 15) is 14.9 Å². The maximum absolute atomic E-state index is 12.4. The van der Waals surface area contributed by atoms with Crippen LogP contribution in [0.15, 0.2) is 35.7 Å². The number of anilines is 2. The normalized spacial score (nSPS) is 10.6. The second-order valence-electron chi connectivity index (χ2n) is 6.30. The smallest absolute Gasteiger partial charge is 0.292 e. The Hall–Kier alpha value is -3.26. The number of nitro groups is 1. The molecule has 0 unspecified atom stereocenters. The third-order valence-corrected chi connectivity index (χ3v) is 4.90. The third-order valence-electron chi connectivity index (χ3n) is 4.15. The average molecular weight is 382 g/mol. The Kier molecular flexibility index (Phi) is 4.91. The Balaban J connectivity index is 1.86. The van der Waals surface area contributed by atoms with Gasteiger partial charge in [0.25, 0.3) is 11.6 Å². The molecule has 0 saturated carbocycles. The van der Waals surface area contributed by atoms with E-state index >= 15 is 0 Å². The van der Waals surface area contributed by atoms with E-state index in [1.807, 2.05) is 26.2 Å². The summed E-state index contributed by atoms with van der Waals surface area (Å²) >= 11 is 1.30. The number of hydrogen-bond acceptors (Lipinski definition) is 6. The molecule has 3 rings (SSSR count). The van der Waals surface area contributed by atoms with E-state index in [1.54, 1.807) is 0 Å². The van der Waals surface area contributed by atoms with Crippen LogP contribution in [-0.2, 0) is 0 Å². The van der Waals surface area contributed by atoms with E-state index in [2.05, 4.69) is 22.4 Å². The Morgan fingerprint density at radius 3 is 2.48 bits per heavy atom. The summed E-state index contributed by atoms with van der Waals surface area (Å²) < 4.78 is 0. The van der Waals surface area contributed by atoms with E-state index in [-0.39, 0.29) is 16.9 Å². The number of nitrogens with zero attached hydrogens (tertiary/aromatic N) is 2. The molecular formula is C19H18N4O3S. The largest absolute Gasteiger partial charge is 0.393 e. The summed E-state index contributed by atoms with van der Waals surface area (Å²) in [5.41, 5.74) is 10.7. The van der Waals surface area contributed by atoms with Gasteiger partial charge in [-0.2, -0.15) is 0 Å². The van der Waals surface area contributed by atoms with Crippen LogP contribution in [0.2, 0.25) is 0 Å². The number of nitrogens with two attached hydrogens (primary N) is 1. The summed E-state index contributed by atoms with van der Waals surface area (Å²) in [4.78, 5) is 27.3. The number of carbonyl (C=O) groups excluding carboxylic acids is 1. The number of aromatic nitrogens is 1. The van der Waals surface area contributed by atoms with E-state index in [4.69, 9.17) is 5.73 Å². The van der Waals surface area contributed by atoms with Crippen LogP contribution < -0.4 is 11.1 Å². The lowest BCUT2D eigenvalue weighted by atomic mass is 9.98. The molecule has 0 bridgehead atoms. The molecule has 3 N–H and O–H groups in total. The maximum Gasteiger partial charge on any atom is 0.292 e. The summed E-state index contributed by atoms with van der Waals surface area (Å²) in [6, 6.07) is 8.13. The third kappa shape index (κ3) is 3.80. The quantitative estimate of drug-likeness (QED) is 0.393. The maximum atomic E-state index is 12.4. The minimum absolute atomic E-state index is 0.0124. The molecule has 2 aromatic carbocycles. The topological polar surface area (TPSA) is 111 Å². The zero-order chi connectivity index (χ0) is 19.7. The van der Waals surface area contributed by atoms with Crippen molar-refractivity contribution in [3.8, 4) is 11.3 Å². The highest BCUT2D eigenvalue weighted by Crippen LogP contribution is 2.31. The second kappa shape index (κ2) is 7.16. The van der Waals surface area contributed by atoms with Gasteiger partial charge in [0.15, 0.2) is 5.13 Å². The van der Waals surface area contributed by atoms with Crippen molar-refractivity contribution in [3.05, 3.63) is 68.1 Å². The van der Waals surface area contributed by atoms with Crippen molar-refractivity contribution >= 4 is 33.8 Å². The predicted molar refractivity (Wildman–Crippen MR) is 107 cm³/mol. The van der Waals surface area contributed by atoms with Crippen LogP contribution in [-0.4, -0.2) is 15.8 Å². The standard InChI is InChI=1S/C19H18N4O3S/c1-10-6-11(2)17(12(3)7-10)15-9-27-19(21-15)22-18(24)13-4-5-14(20)16(8-13)23(25)26/h4-9H,20H2,1-3H3,(H,21,22,24). The van der Waals surface area contributed by atoms with E-state index in [1.165, 1.54) is 29.0 Å². The molecule has 1 amide bonds. The van der Waals surface area contributed by atoms with Gasteiger partial charge in [0.2, 0.25) is 0 Å². The Bertz CT molecular complexity index is 1040. The molecule has 1 heterocycles. The molecule has 0 aliphatic heterocycles. The van der Waals surface area contributed by atoms with Crippen molar-refractivity contribution in [2.24, 2.45) is 0 Å². The van der Waals surface area contributed by atoms with E-state index in [0.29, 0.717) is 5.13 Å². The first-order valence-electron chi connectivity index (χ1n) is 8.15. The first-order chi connectivity index (χ1) is 12.8. The van der Waals surface area contributed by atoms with Crippen molar-refractivity contribution in [2.45, 2.75) is 20.8 Å². The summed E-state index contributed by atoms with van der Waals surface area (Å²) in [6.45, 7) is 6.10. The Morgan fingerprint density at radius 1 is 1.19 bits per heavy atom. The minimum atomic E-state index is -0.615. The van der Waals surface area contributed by atoms with Crippen LogP contribution in [0.25, 0.3) is 11.3 Å². The molecule has 138 valence electrons. The lowest BCUT2D eigenvalue weighted by Crippen LogP contribution is -2.12. The molecule has 27 heavy (non-hydrogen) atoms. The molecule has 0 aliphatic carbocycles. The SMILES string of the molecule is Cc1cc(C)c(-c2csc(NC(=O)c3ccc(N)c([N+](=O)[O-])c3)n2)c(C)c1. The van der Waals surface area contributed by atoms with Gasteiger partial charge in [-0.25, -0.2) is 4.98 Å². The minimum Gasteiger partial charge on any atom is -0.393 e. The van der Waals surface area contributed by atoms with Crippen molar-refractivity contribution < 1.29 is 9.72 Å². The second-order valence-corrected chi connectivity index (χ2v) is 7.15. The number of thiazole rings is 1. The van der Waals surface area contributed by atoms with E-state index in [0.717, 1.165) is 28.5 Å². The fraction of sp³-hybridized carbons (Fsp3) is 0.158. The Morgan fingerprint density at radius 2 is 1.85 bits per heavy atom. The highest BCUT2D eigenvalue weighted by molar-refractivity contribution is 7.14. The summed E-state index contributed by atoms with van der Waals surface area (Å²) in [5.74, 6) is -0.476. The molecule has 0 atom stereocenters. The van der Waals surface area contributed by atoms with Gasteiger partial charge in [0.1, 0.15) is 5.69 Å². The molecule has 8 heteroatoms. The number of hydrogen-bond donors (Lipinski definition) is 2. The van der Waals surface area contributed by atoms with Gasteiger partial charge in [0, 0.05) is 22.6 Å². The van der Waals surface area contributed by atoms with Crippen molar-refractivity contribution in [3.63, 3.8) is 0 Å². The molecule has 0 aliphatic rings. The fourth-order valence-electron chi connectivity index (χ4n) is 3.04. The number of carbonyl (C=O) groups is 1. The number of nitro benzene ring substituents is 1. The van der Waals surface area contributed by atoms with Crippen LogP contribution in [0, 0.1) is 30.9 Å². The predicted octanol–water partition coefficient (Wildman–Crippen LogP) is 4.48. The molecule has 0 radical (unpaired) electrons. The van der Waals surface area contributed by atoms with Gasteiger partial charge in [0.05, 0.1) is 10.6 Å². The number of rotatable bonds is 4. The first-order valence-corrected chi connectivity index (χ1v) is 9.03. The lowest BCUT2D eigenvalue weighted by molar-refractivity contribution is -0.383. The fourth-order valence-corrected chi connectivity index (χ4v) is 3.74. The number of aryl methyl sites for hydroxylation is 3. The molecular weight excluding hydrogens is 364 g/mol. The number of amides is 1. The van der Waals surface area contributed by atoms with Gasteiger partial charge in [-0.1, -0.05) is 17.7 Å². The zero-order valence-electron chi connectivity index (χ0n) is 15.1. The molecule has 0 spiro atoms. The van der Waals surface area contributed by atoms with Crippen LogP contribution in [0.4, 0.5) is 16.5 Å². The number of nitrogens with one attached hydrogen (secondary N) is 1. The van der Waals surface area contributed by atoms with Gasteiger partial charge in [-0.15, -0.1) is 11.3 Å². The van der Waals surface area contributed by atoms with E-state index < -0.39 is 10.8 Å². The van der Waals surface area contributed by atoms with Crippen molar-refractivity contribution in [1.82, 2.24) is 4.98 Å². The van der Waals surface area contributed by atoms with Crippen LogP contribution in [0.5, 0.6) is 0 Å². The van der Waals surface area contributed by atoms with Gasteiger partial charge in [-0.3, -0.25) is 20.2 Å².